The van der Waals surface area contributed by atoms with Crippen molar-refractivity contribution in [2.75, 3.05) is 6.54 Å². The third-order valence-electron chi connectivity index (χ3n) is 5.07. The molecule has 5 nitrogen and oxygen atoms in total. The number of ketones is 1. The molecule has 2 aromatic carbocycles. The number of oxime groups is 1. The second-order valence-electron chi connectivity index (χ2n) is 7.37. The Bertz CT molecular complexity index is 1080. The molecular weight excluding hydrogens is 468 g/mol. The van der Waals surface area contributed by atoms with E-state index in [0.717, 1.165) is 12.1 Å². The number of alkyl halides is 3. The summed E-state index contributed by atoms with van der Waals surface area (Å²) >= 11 is 11.8. The molecule has 1 N–H and O–H groups in total. The number of aryl methyl sites for hydroxylation is 1. The highest BCUT2D eigenvalue weighted by Crippen LogP contribution is 2.49. The van der Waals surface area contributed by atoms with Gasteiger partial charge in [-0.3, -0.25) is 9.59 Å². The zero-order valence-electron chi connectivity index (χ0n) is 17.1. The minimum Gasteiger partial charge on any atom is -0.374 e. The van der Waals surface area contributed by atoms with Gasteiger partial charge in [-0.2, -0.15) is 13.2 Å². The molecule has 0 aromatic heterocycles. The standard InChI is InChI=1S/C22H19Cl2F3N2O3/c1-3-28-20(31)10-19(30)17-5-4-13(6-12(17)2)18-11-21(32-29-18,22(25,26)27)14-7-15(23)9-16(24)8-14/h4-9H,3,10-11H2,1-2H3,(H,28,31). The summed E-state index contributed by atoms with van der Waals surface area (Å²) in [5, 5.41) is 6.34. The first kappa shape index (κ1) is 24.1. The topological polar surface area (TPSA) is 67.8 Å². The van der Waals surface area contributed by atoms with Gasteiger partial charge in [-0.05, 0) is 49.2 Å². The van der Waals surface area contributed by atoms with Gasteiger partial charge in [0.05, 0.1) is 12.1 Å². The van der Waals surface area contributed by atoms with Gasteiger partial charge in [-0.1, -0.05) is 40.5 Å². The van der Waals surface area contributed by atoms with Crippen LogP contribution in [0.1, 0.15) is 46.8 Å². The van der Waals surface area contributed by atoms with Gasteiger partial charge in [0.15, 0.2) is 5.78 Å². The molecule has 2 aromatic rings. The number of nitrogens with zero attached hydrogens (tertiary/aromatic N) is 1. The van der Waals surface area contributed by atoms with Crippen LogP contribution in [-0.4, -0.2) is 30.1 Å². The Balaban J connectivity index is 1.89. The van der Waals surface area contributed by atoms with Crippen molar-refractivity contribution in [2.45, 2.75) is 38.5 Å². The van der Waals surface area contributed by atoms with E-state index >= 15 is 0 Å². The number of benzene rings is 2. The summed E-state index contributed by atoms with van der Waals surface area (Å²) in [5.41, 5.74) is -1.75. The number of halogens is 5. The van der Waals surface area contributed by atoms with Crippen molar-refractivity contribution in [2.24, 2.45) is 5.16 Å². The number of rotatable bonds is 6. The van der Waals surface area contributed by atoms with Gasteiger partial charge < -0.3 is 10.2 Å². The summed E-state index contributed by atoms with van der Waals surface area (Å²) in [6.45, 7) is 3.78. The molecule has 0 saturated heterocycles. The van der Waals surface area contributed by atoms with Crippen LogP contribution in [0, 0.1) is 6.92 Å². The van der Waals surface area contributed by atoms with E-state index in [1.54, 1.807) is 19.9 Å². The molecule has 170 valence electrons. The van der Waals surface area contributed by atoms with E-state index < -0.39 is 24.1 Å². The Hall–Kier alpha value is -2.58. The smallest absolute Gasteiger partial charge is 0.374 e. The Kier molecular flexibility index (Phi) is 6.86. The minimum absolute atomic E-state index is 0.0407. The van der Waals surface area contributed by atoms with Gasteiger partial charge >= 0.3 is 6.18 Å². The quantitative estimate of drug-likeness (QED) is 0.427. The summed E-state index contributed by atoms with van der Waals surface area (Å²) in [5.74, 6) is -0.785. The fraction of sp³-hybridized carbons (Fsp3) is 0.318. The number of hydrogen-bond donors (Lipinski definition) is 1. The van der Waals surface area contributed by atoms with Crippen LogP contribution in [0.25, 0.3) is 0 Å². The van der Waals surface area contributed by atoms with Gasteiger partial charge in [0, 0.05) is 34.1 Å². The molecule has 1 unspecified atom stereocenters. The summed E-state index contributed by atoms with van der Waals surface area (Å²) < 4.78 is 42.4. The van der Waals surface area contributed by atoms with Crippen LogP contribution in [0.3, 0.4) is 0 Å². The second kappa shape index (κ2) is 9.11. The number of nitrogens with one attached hydrogen (secondary N) is 1. The Morgan fingerprint density at radius 1 is 1.16 bits per heavy atom. The predicted molar refractivity (Wildman–Crippen MR) is 115 cm³/mol. The van der Waals surface area contributed by atoms with Crippen molar-refractivity contribution >= 4 is 40.6 Å². The molecule has 0 spiro atoms. The molecule has 1 aliphatic rings. The third-order valence-corrected chi connectivity index (χ3v) is 5.51. The number of amides is 1. The normalized spacial score (nSPS) is 18.2. The molecule has 10 heteroatoms. The Morgan fingerprint density at radius 3 is 2.38 bits per heavy atom. The van der Waals surface area contributed by atoms with Crippen LogP contribution < -0.4 is 5.32 Å². The molecule has 0 aliphatic carbocycles. The summed E-state index contributed by atoms with van der Waals surface area (Å²) in [4.78, 5) is 29.0. The molecule has 0 bridgehead atoms. The van der Waals surface area contributed by atoms with Crippen molar-refractivity contribution in [3.8, 4) is 0 Å². The number of hydrogen-bond acceptors (Lipinski definition) is 4. The largest absolute Gasteiger partial charge is 0.435 e. The first-order valence-electron chi connectivity index (χ1n) is 9.66. The van der Waals surface area contributed by atoms with Crippen molar-refractivity contribution in [1.82, 2.24) is 5.32 Å². The molecule has 1 heterocycles. The van der Waals surface area contributed by atoms with E-state index in [0.29, 0.717) is 23.2 Å². The lowest BCUT2D eigenvalue weighted by Crippen LogP contribution is -2.42. The molecular formula is C22H19Cl2F3N2O3. The minimum atomic E-state index is -4.80. The summed E-state index contributed by atoms with van der Waals surface area (Å²) in [6.07, 6.45) is -5.71. The maximum absolute atomic E-state index is 14.1. The van der Waals surface area contributed by atoms with E-state index in [4.69, 9.17) is 28.0 Å². The average molecular weight is 487 g/mol. The first-order valence-corrected chi connectivity index (χ1v) is 10.4. The van der Waals surface area contributed by atoms with E-state index in [2.05, 4.69) is 10.5 Å². The molecule has 0 saturated carbocycles. The highest BCUT2D eigenvalue weighted by molar-refractivity contribution is 6.34. The van der Waals surface area contributed by atoms with Crippen molar-refractivity contribution < 1.29 is 27.6 Å². The average Bonchev–Trinajstić information content (AvgIpc) is 3.14. The van der Waals surface area contributed by atoms with Gasteiger partial charge in [0.25, 0.3) is 5.60 Å². The molecule has 1 atom stereocenters. The lowest BCUT2D eigenvalue weighted by Gasteiger charge is -2.29. The highest BCUT2D eigenvalue weighted by Gasteiger charge is 2.62. The van der Waals surface area contributed by atoms with Crippen LogP contribution in [-0.2, 0) is 15.2 Å². The van der Waals surface area contributed by atoms with Crippen LogP contribution in [0.5, 0.6) is 0 Å². The van der Waals surface area contributed by atoms with Gasteiger partial charge in [-0.15, -0.1) is 0 Å². The third kappa shape index (κ3) is 4.76. The van der Waals surface area contributed by atoms with Gasteiger partial charge in [0.1, 0.15) is 0 Å². The lowest BCUT2D eigenvalue weighted by atomic mass is 9.86. The zero-order valence-corrected chi connectivity index (χ0v) is 18.7. The molecule has 0 radical (unpaired) electrons. The number of carbonyl (C=O) groups excluding carboxylic acids is 2. The van der Waals surface area contributed by atoms with E-state index in [9.17, 15) is 22.8 Å². The maximum atomic E-state index is 14.1. The first-order chi connectivity index (χ1) is 15.0. The van der Waals surface area contributed by atoms with E-state index in [1.165, 1.54) is 18.2 Å². The summed E-state index contributed by atoms with van der Waals surface area (Å²) in [6, 6.07) is 8.12. The van der Waals surface area contributed by atoms with Gasteiger partial charge in [0.2, 0.25) is 5.91 Å². The van der Waals surface area contributed by atoms with Crippen molar-refractivity contribution in [3.63, 3.8) is 0 Å². The second-order valence-corrected chi connectivity index (χ2v) is 8.24. The lowest BCUT2D eigenvalue weighted by molar-refractivity contribution is -0.275. The molecule has 32 heavy (non-hydrogen) atoms. The molecule has 3 rings (SSSR count). The maximum Gasteiger partial charge on any atom is 0.435 e. The SMILES string of the molecule is CCNC(=O)CC(=O)c1ccc(C2=NOC(c3cc(Cl)cc(Cl)c3)(C(F)(F)F)C2)cc1C. The summed E-state index contributed by atoms with van der Waals surface area (Å²) in [7, 11) is 0. The van der Waals surface area contributed by atoms with E-state index in [1.807, 2.05) is 0 Å². The Labute approximate surface area is 192 Å². The fourth-order valence-electron chi connectivity index (χ4n) is 3.50. The number of carbonyl (C=O) groups is 2. The van der Waals surface area contributed by atoms with Crippen molar-refractivity contribution in [1.29, 1.82) is 0 Å². The molecule has 0 fully saturated rings. The van der Waals surface area contributed by atoms with Crippen LogP contribution in [0.2, 0.25) is 10.0 Å². The fourth-order valence-corrected chi connectivity index (χ4v) is 4.03. The zero-order chi connectivity index (χ0) is 23.7. The number of Topliss-reactive ketones (excluding diaryl/α,β-unsaturated/α-hetero) is 1. The predicted octanol–water partition coefficient (Wildman–Crippen LogP) is 5.59. The molecule has 1 aliphatic heterocycles. The monoisotopic (exact) mass is 486 g/mol. The Morgan fingerprint density at radius 2 is 1.81 bits per heavy atom. The van der Waals surface area contributed by atoms with Crippen LogP contribution in [0.15, 0.2) is 41.6 Å². The van der Waals surface area contributed by atoms with Gasteiger partial charge in [-0.25, -0.2) is 0 Å². The van der Waals surface area contributed by atoms with E-state index in [-0.39, 0.29) is 33.5 Å². The van der Waals surface area contributed by atoms with Crippen LogP contribution in [0.4, 0.5) is 13.2 Å². The van der Waals surface area contributed by atoms with Crippen LogP contribution >= 0.6 is 23.2 Å². The highest BCUT2D eigenvalue weighted by atomic mass is 35.5. The molecule has 1 amide bonds. The van der Waals surface area contributed by atoms with Crippen molar-refractivity contribution in [3.05, 3.63) is 68.7 Å².